The first-order valence-electron chi connectivity index (χ1n) is 9.67. The Balaban J connectivity index is 1.79. The van der Waals surface area contributed by atoms with E-state index in [4.69, 9.17) is 4.74 Å². The van der Waals surface area contributed by atoms with Gasteiger partial charge in [0, 0.05) is 43.4 Å². The van der Waals surface area contributed by atoms with Crippen LogP contribution in [0.25, 0.3) is 0 Å². The van der Waals surface area contributed by atoms with Crippen LogP contribution < -0.4 is 10.6 Å². The van der Waals surface area contributed by atoms with E-state index < -0.39 is 16.4 Å². The van der Waals surface area contributed by atoms with Gasteiger partial charge in [-0.25, -0.2) is 4.79 Å². The molecular weight excluding hydrogens is 376 g/mol. The number of aliphatic imine (C=N–C) groups is 1. The molecule has 8 heteroatoms. The Morgan fingerprint density at radius 3 is 2.68 bits per heavy atom. The molecule has 1 amide bonds. The van der Waals surface area contributed by atoms with E-state index in [2.05, 4.69) is 15.6 Å². The molecule has 0 radical (unpaired) electrons. The van der Waals surface area contributed by atoms with E-state index in [1.54, 1.807) is 11.9 Å². The Morgan fingerprint density at radius 1 is 1.32 bits per heavy atom. The Kier molecular flexibility index (Phi) is 8.29. The van der Waals surface area contributed by atoms with E-state index in [0.717, 1.165) is 17.7 Å². The van der Waals surface area contributed by atoms with Gasteiger partial charge in [0.15, 0.2) is 5.96 Å². The van der Waals surface area contributed by atoms with Crippen molar-refractivity contribution in [3.8, 4) is 0 Å². The van der Waals surface area contributed by atoms with Crippen molar-refractivity contribution >= 4 is 22.9 Å². The van der Waals surface area contributed by atoms with E-state index in [-0.39, 0.29) is 12.1 Å². The molecular formula is C20H32N4O3S. The molecule has 2 atom stereocenters. The molecule has 1 aliphatic heterocycles. The maximum Gasteiger partial charge on any atom is 0.410 e. The van der Waals surface area contributed by atoms with Crippen LogP contribution in [-0.2, 0) is 15.5 Å². The van der Waals surface area contributed by atoms with Crippen molar-refractivity contribution in [1.82, 2.24) is 15.5 Å². The van der Waals surface area contributed by atoms with Gasteiger partial charge in [0.1, 0.15) is 5.60 Å². The lowest BCUT2D eigenvalue weighted by Gasteiger charge is -2.35. The van der Waals surface area contributed by atoms with Gasteiger partial charge < -0.3 is 20.3 Å². The first kappa shape index (κ1) is 22.2. The number of piperidine rings is 1. The minimum absolute atomic E-state index is 0.104. The number of ether oxygens (including phenoxy) is 1. The average Bonchev–Trinajstić information content (AvgIpc) is 2.66. The quantitative estimate of drug-likeness (QED) is 0.577. The molecule has 1 aliphatic rings. The molecule has 1 fully saturated rings. The first-order chi connectivity index (χ1) is 13.3. The molecule has 0 spiro atoms. The smallest absolute Gasteiger partial charge is 0.410 e. The summed E-state index contributed by atoms with van der Waals surface area (Å²) < 4.78 is 17.8. The molecule has 1 saturated heterocycles. The van der Waals surface area contributed by atoms with Crippen LogP contribution in [0.4, 0.5) is 4.79 Å². The molecule has 2 N–H and O–H groups in total. The molecule has 28 heavy (non-hydrogen) atoms. The van der Waals surface area contributed by atoms with Crippen LogP contribution in [0.1, 0.15) is 33.6 Å². The Labute approximate surface area is 170 Å². The van der Waals surface area contributed by atoms with E-state index >= 15 is 0 Å². The summed E-state index contributed by atoms with van der Waals surface area (Å²) in [6.07, 6.45) is 1.59. The van der Waals surface area contributed by atoms with Crippen molar-refractivity contribution in [2.45, 2.75) is 50.2 Å². The number of amides is 1. The summed E-state index contributed by atoms with van der Waals surface area (Å²) in [5, 5.41) is 6.57. The van der Waals surface area contributed by atoms with Crippen LogP contribution in [-0.4, -0.2) is 65.2 Å². The van der Waals surface area contributed by atoms with Crippen molar-refractivity contribution in [3.63, 3.8) is 0 Å². The van der Waals surface area contributed by atoms with Gasteiger partial charge in [-0.2, -0.15) is 0 Å². The zero-order valence-electron chi connectivity index (χ0n) is 17.2. The minimum atomic E-state index is -1.04. The van der Waals surface area contributed by atoms with Gasteiger partial charge in [-0.3, -0.25) is 9.20 Å². The second-order valence-electron chi connectivity index (χ2n) is 7.77. The van der Waals surface area contributed by atoms with Crippen LogP contribution in [0.15, 0.2) is 40.2 Å². The molecule has 1 aromatic carbocycles. The third-order valence-corrected chi connectivity index (χ3v) is 5.60. The predicted molar refractivity (Wildman–Crippen MR) is 113 cm³/mol. The number of carbonyl (C=O) groups is 1. The van der Waals surface area contributed by atoms with Crippen LogP contribution >= 0.6 is 0 Å². The van der Waals surface area contributed by atoms with E-state index in [1.807, 2.05) is 51.1 Å². The van der Waals surface area contributed by atoms with Crippen molar-refractivity contribution in [2.24, 2.45) is 4.99 Å². The summed E-state index contributed by atoms with van der Waals surface area (Å²) in [7, 11) is 0.661. The summed E-state index contributed by atoms with van der Waals surface area (Å²) >= 11 is 0. The number of hydrogen-bond donors (Lipinski definition) is 2. The average molecular weight is 409 g/mol. The highest BCUT2D eigenvalue weighted by Crippen LogP contribution is 2.15. The second kappa shape index (κ2) is 10.5. The third kappa shape index (κ3) is 7.50. The van der Waals surface area contributed by atoms with Crippen molar-refractivity contribution in [3.05, 3.63) is 30.3 Å². The highest BCUT2D eigenvalue weighted by atomic mass is 32.2. The molecule has 7 nitrogen and oxygen atoms in total. The molecule has 0 aliphatic carbocycles. The second-order valence-corrected chi connectivity index (χ2v) is 9.34. The number of likely N-dealkylation sites (tertiary alicyclic amines) is 1. The van der Waals surface area contributed by atoms with Crippen molar-refractivity contribution in [1.29, 1.82) is 0 Å². The molecule has 0 aromatic heterocycles. The highest BCUT2D eigenvalue weighted by Gasteiger charge is 2.28. The fraction of sp³-hybridized carbons (Fsp3) is 0.600. The Morgan fingerprint density at radius 2 is 2.04 bits per heavy atom. The summed E-state index contributed by atoms with van der Waals surface area (Å²) in [6.45, 7) is 7.44. The van der Waals surface area contributed by atoms with Gasteiger partial charge >= 0.3 is 6.09 Å². The number of nitrogens with one attached hydrogen (secondary N) is 2. The lowest BCUT2D eigenvalue weighted by Crippen LogP contribution is -2.53. The van der Waals surface area contributed by atoms with Gasteiger partial charge in [0.2, 0.25) is 0 Å². The molecule has 1 heterocycles. The van der Waals surface area contributed by atoms with Crippen molar-refractivity contribution < 1.29 is 13.7 Å². The normalized spacial score (nSPS) is 19.1. The molecule has 156 valence electrons. The van der Waals surface area contributed by atoms with Gasteiger partial charge in [-0.05, 0) is 45.7 Å². The molecule has 0 saturated carbocycles. The monoisotopic (exact) mass is 408 g/mol. The standard InChI is InChI=1S/C20H32N4O3S/c1-20(2,3)27-19(25)24-13-8-9-16(15-24)23-18(21-4)22-12-14-28(26)17-10-6-5-7-11-17/h5-7,10-11,16H,8-9,12-15H2,1-4H3,(H2,21,22,23). The van der Waals surface area contributed by atoms with Crippen LogP contribution in [0.3, 0.4) is 0 Å². The van der Waals surface area contributed by atoms with Gasteiger partial charge in [-0.15, -0.1) is 0 Å². The maximum atomic E-state index is 12.3. The van der Waals surface area contributed by atoms with Crippen molar-refractivity contribution in [2.75, 3.05) is 32.4 Å². The SMILES string of the molecule is CN=C(NCCS(=O)c1ccccc1)NC1CCCN(C(=O)OC(C)(C)C)C1. The number of rotatable bonds is 5. The number of nitrogens with zero attached hydrogens (tertiary/aromatic N) is 2. The summed E-state index contributed by atoms with van der Waals surface area (Å²) in [5.74, 6) is 1.15. The first-order valence-corrected chi connectivity index (χ1v) is 11.0. The van der Waals surface area contributed by atoms with Crippen LogP contribution in [0, 0.1) is 0 Å². The Hall–Kier alpha value is -2.09. The zero-order chi connectivity index (χ0) is 20.6. The minimum Gasteiger partial charge on any atom is -0.444 e. The number of benzene rings is 1. The highest BCUT2D eigenvalue weighted by molar-refractivity contribution is 7.85. The fourth-order valence-corrected chi connectivity index (χ4v) is 3.91. The summed E-state index contributed by atoms with van der Waals surface area (Å²) in [4.78, 5) is 19.1. The Bertz CT molecular complexity index is 688. The van der Waals surface area contributed by atoms with Crippen LogP contribution in [0.2, 0.25) is 0 Å². The maximum absolute atomic E-state index is 12.3. The van der Waals surface area contributed by atoms with Gasteiger partial charge in [0.25, 0.3) is 0 Å². The lowest BCUT2D eigenvalue weighted by atomic mass is 10.1. The largest absolute Gasteiger partial charge is 0.444 e. The van der Waals surface area contributed by atoms with E-state index in [1.165, 1.54) is 0 Å². The molecule has 2 unspecified atom stereocenters. The van der Waals surface area contributed by atoms with Gasteiger partial charge in [-0.1, -0.05) is 18.2 Å². The number of carbonyl (C=O) groups excluding carboxylic acids is 1. The number of hydrogen-bond acceptors (Lipinski definition) is 4. The predicted octanol–water partition coefficient (Wildman–Crippen LogP) is 2.36. The summed E-state index contributed by atoms with van der Waals surface area (Å²) in [6, 6.07) is 9.54. The van der Waals surface area contributed by atoms with E-state index in [9.17, 15) is 9.00 Å². The molecule has 1 aromatic rings. The third-order valence-electron chi connectivity index (χ3n) is 4.22. The van der Waals surface area contributed by atoms with E-state index in [0.29, 0.717) is 31.3 Å². The topological polar surface area (TPSA) is 83.0 Å². The fourth-order valence-electron chi connectivity index (χ4n) is 2.93. The lowest BCUT2D eigenvalue weighted by molar-refractivity contribution is 0.0193. The van der Waals surface area contributed by atoms with Crippen LogP contribution in [0.5, 0.6) is 0 Å². The molecule has 2 rings (SSSR count). The number of guanidine groups is 1. The summed E-state index contributed by atoms with van der Waals surface area (Å²) in [5.41, 5.74) is -0.497. The zero-order valence-corrected chi connectivity index (χ0v) is 18.1. The molecule has 0 bridgehead atoms. The van der Waals surface area contributed by atoms with Gasteiger partial charge in [0.05, 0.1) is 10.8 Å².